The fourth-order valence-electron chi connectivity index (χ4n) is 3.35. The molecular weight excluding hydrogens is 310 g/mol. The summed E-state index contributed by atoms with van der Waals surface area (Å²) in [6.45, 7) is 0. The van der Waals surface area contributed by atoms with Crippen molar-refractivity contribution in [2.24, 2.45) is 5.92 Å². The summed E-state index contributed by atoms with van der Waals surface area (Å²) in [7, 11) is 0. The lowest BCUT2D eigenvalue weighted by atomic mass is 9.83. The van der Waals surface area contributed by atoms with Gasteiger partial charge in [0.1, 0.15) is 0 Å². The van der Waals surface area contributed by atoms with Crippen LogP contribution in [-0.2, 0) is 4.79 Å². The molecule has 6 heteroatoms. The highest BCUT2D eigenvalue weighted by atomic mass is 16.6. The Hall–Kier alpha value is -3.02. The van der Waals surface area contributed by atoms with E-state index in [0.717, 1.165) is 11.1 Å². The number of carbonyl (C=O) groups excluding carboxylic acids is 1. The zero-order chi connectivity index (χ0) is 17.3. The van der Waals surface area contributed by atoms with Gasteiger partial charge in [0, 0.05) is 36.0 Å². The molecule has 0 bridgehead atoms. The van der Waals surface area contributed by atoms with Crippen molar-refractivity contribution in [3.63, 3.8) is 0 Å². The second-order valence-electron chi connectivity index (χ2n) is 5.82. The van der Waals surface area contributed by atoms with Crippen molar-refractivity contribution in [1.29, 1.82) is 0 Å². The topological polar surface area (TPSA) is 97.5 Å². The fourth-order valence-corrected chi connectivity index (χ4v) is 3.35. The van der Waals surface area contributed by atoms with Gasteiger partial charge in [0.05, 0.1) is 4.92 Å². The number of hydrogen-bond acceptors (Lipinski definition) is 4. The van der Waals surface area contributed by atoms with Crippen molar-refractivity contribution in [2.75, 3.05) is 0 Å². The molecule has 0 amide bonds. The zero-order valence-electron chi connectivity index (χ0n) is 12.7. The molecule has 24 heavy (non-hydrogen) atoms. The zero-order valence-corrected chi connectivity index (χ0v) is 12.7. The number of carboxylic acid groups (broad SMARTS) is 1. The predicted octanol–water partition coefficient (Wildman–Crippen LogP) is 3.40. The quantitative estimate of drug-likeness (QED) is 0.671. The molecule has 0 spiro atoms. The third-order valence-corrected chi connectivity index (χ3v) is 4.43. The summed E-state index contributed by atoms with van der Waals surface area (Å²) in [6.07, 6.45) is 0.151. The summed E-state index contributed by atoms with van der Waals surface area (Å²) < 4.78 is 0. The van der Waals surface area contributed by atoms with Crippen LogP contribution < -0.4 is 0 Å². The Morgan fingerprint density at radius 3 is 2.42 bits per heavy atom. The van der Waals surface area contributed by atoms with Gasteiger partial charge >= 0.3 is 5.97 Å². The fraction of sp³-hybridized carbons (Fsp3) is 0.222. The predicted molar refractivity (Wildman–Crippen MR) is 86.1 cm³/mol. The van der Waals surface area contributed by atoms with E-state index < -0.39 is 16.8 Å². The van der Waals surface area contributed by atoms with Gasteiger partial charge in [0.15, 0.2) is 5.78 Å². The van der Waals surface area contributed by atoms with Crippen LogP contribution >= 0.6 is 0 Å². The standard InChI is InChI=1S/C18H15NO5/c20-16(21)10-9-15-17(11-5-7-12(8-6-11)19(23)24)13-3-1-2-4-14(13)18(15)22/h1-8,15,17H,9-10H2,(H,20,21). The van der Waals surface area contributed by atoms with E-state index in [9.17, 15) is 19.7 Å². The van der Waals surface area contributed by atoms with Crippen molar-refractivity contribution < 1.29 is 19.6 Å². The van der Waals surface area contributed by atoms with E-state index in [2.05, 4.69) is 0 Å². The lowest BCUT2D eigenvalue weighted by Gasteiger charge is -2.19. The number of benzene rings is 2. The molecule has 0 fully saturated rings. The first-order chi connectivity index (χ1) is 11.5. The monoisotopic (exact) mass is 325 g/mol. The van der Waals surface area contributed by atoms with Gasteiger partial charge in [0.25, 0.3) is 5.69 Å². The minimum Gasteiger partial charge on any atom is -0.481 e. The largest absolute Gasteiger partial charge is 0.481 e. The van der Waals surface area contributed by atoms with E-state index in [0.29, 0.717) is 5.56 Å². The summed E-state index contributed by atoms with van der Waals surface area (Å²) in [5, 5.41) is 19.8. The lowest BCUT2D eigenvalue weighted by Crippen LogP contribution is -2.16. The van der Waals surface area contributed by atoms with Crippen LogP contribution in [0, 0.1) is 16.0 Å². The first-order valence-electron chi connectivity index (χ1n) is 7.58. The van der Waals surface area contributed by atoms with Crippen LogP contribution in [0.25, 0.3) is 0 Å². The molecule has 0 saturated heterocycles. The van der Waals surface area contributed by atoms with Gasteiger partial charge in [-0.25, -0.2) is 0 Å². The van der Waals surface area contributed by atoms with Crippen molar-refractivity contribution in [3.8, 4) is 0 Å². The summed E-state index contributed by atoms with van der Waals surface area (Å²) >= 11 is 0. The second-order valence-corrected chi connectivity index (χ2v) is 5.82. The van der Waals surface area contributed by atoms with Gasteiger partial charge in [-0.15, -0.1) is 0 Å². The van der Waals surface area contributed by atoms with Crippen molar-refractivity contribution in [3.05, 3.63) is 75.3 Å². The maximum absolute atomic E-state index is 12.7. The Balaban J connectivity index is 2.01. The number of hydrogen-bond donors (Lipinski definition) is 1. The van der Waals surface area contributed by atoms with E-state index in [-0.39, 0.29) is 30.2 Å². The first kappa shape index (κ1) is 15.9. The highest BCUT2D eigenvalue weighted by Crippen LogP contribution is 2.44. The summed E-state index contributed by atoms with van der Waals surface area (Å²) in [5.74, 6) is -1.73. The molecule has 1 aliphatic carbocycles. The van der Waals surface area contributed by atoms with Gasteiger partial charge in [-0.3, -0.25) is 19.7 Å². The smallest absolute Gasteiger partial charge is 0.303 e. The second kappa shape index (κ2) is 6.23. The number of nitro benzene ring substituents is 1. The van der Waals surface area contributed by atoms with Crippen LogP contribution in [0.15, 0.2) is 48.5 Å². The Bertz CT molecular complexity index is 812. The molecule has 2 unspecified atom stereocenters. The molecule has 2 aromatic carbocycles. The Morgan fingerprint density at radius 2 is 1.79 bits per heavy atom. The Morgan fingerprint density at radius 1 is 1.12 bits per heavy atom. The number of aliphatic carboxylic acids is 1. The maximum atomic E-state index is 12.7. The third-order valence-electron chi connectivity index (χ3n) is 4.43. The van der Waals surface area contributed by atoms with Crippen molar-refractivity contribution in [2.45, 2.75) is 18.8 Å². The molecule has 1 N–H and O–H groups in total. The van der Waals surface area contributed by atoms with Crippen LogP contribution in [0.3, 0.4) is 0 Å². The van der Waals surface area contributed by atoms with Crippen molar-refractivity contribution in [1.82, 2.24) is 0 Å². The summed E-state index contributed by atoms with van der Waals surface area (Å²) in [4.78, 5) is 33.9. The number of non-ortho nitro benzene ring substituents is 1. The van der Waals surface area contributed by atoms with E-state index in [4.69, 9.17) is 5.11 Å². The van der Waals surface area contributed by atoms with Gasteiger partial charge in [-0.2, -0.15) is 0 Å². The number of rotatable bonds is 5. The number of carbonyl (C=O) groups is 2. The summed E-state index contributed by atoms with van der Waals surface area (Å²) in [5.41, 5.74) is 2.23. The highest BCUT2D eigenvalue weighted by Gasteiger charge is 2.40. The van der Waals surface area contributed by atoms with Gasteiger partial charge in [0.2, 0.25) is 0 Å². The highest BCUT2D eigenvalue weighted by molar-refractivity contribution is 6.03. The molecule has 0 radical (unpaired) electrons. The molecule has 6 nitrogen and oxygen atoms in total. The van der Waals surface area contributed by atoms with E-state index in [1.807, 2.05) is 12.1 Å². The molecule has 2 aromatic rings. The minimum atomic E-state index is -0.943. The number of Topliss-reactive ketones (excluding diaryl/α,β-unsaturated/α-hetero) is 1. The normalized spacial score (nSPS) is 19.1. The van der Waals surface area contributed by atoms with Crippen LogP contribution in [0.5, 0.6) is 0 Å². The van der Waals surface area contributed by atoms with Crippen LogP contribution in [0.2, 0.25) is 0 Å². The molecule has 3 rings (SSSR count). The number of fused-ring (bicyclic) bond motifs is 1. The number of nitro groups is 1. The molecule has 0 saturated carbocycles. The average molecular weight is 325 g/mol. The van der Waals surface area contributed by atoms with E-state index in [1.165, 1.54) is 12.1 Å². The molecule has 0 heterocycles. The third kappa shape index (κ3) is 2.78. The van der Waals surface area contributed by atoms with Crippen molar-refractivity contribution >= 4 is 17.4 Å². The van der Waals surface area contributed by atoms with E-state index in [1.54, 1.807) is 24.3 Å². The molecule has 0 aromatic heterocycles. The minimum absolute atomic E-state index is 0.0153. The van der Waals surface area contributed by atoms with Crippen LogP contribution in [-0.4, -0.2) is 21.8 Å². The molecular formula is C18H15NO5. The molecule has 2 atom stereocenters. The number of carboxylic acids is 1. The number of nitrogens with zero attached hydrogens (tertiary/aromatic N) is 1. The summed E-state index contributed by atoms with van der Waals surface area (Å²) in [6, 6.07) is 13.3. The van der Waals surface area contributed by atoms with E-state index >= 15 is 0 Å². The average Bonchev–Trinajstić information content (AvgIpc) is 2.85. The Kier molecular flexibility index (Phi) is 4.12. The van der Waals surface area contributed by atoms with Gasteiger partial charge in [-0.05, 0) is 17.5 Å². The molecule has 0 aliphatic heterocycles. The molecule has 1 aliphatic rings. The van der Waals surface area contributed by atoms with Gasteiger partial charge < -0.3 is 5.11 Å². The lowest BCUT2D eigenvalue weighted by molar-refractivity contribution is -0.384. The maximum Gasteiger partial charge on any atom is 0.303 e. The number of ketones is 1. The SMILES string of the molecule is O=C(O)CCC1C(=O)c2ccccc2C1c1ccc([N+](=O)[O-])cc1. The van der Waals surface area contributed by atoms with Crippen LogP contribution in [0.1, 0.15) is 40.2 Å². The molecule has 122 valence electrons. The first-order valence-corrected chi connectivity index (χ1v) is 7.58. The van der Waals surface area contributed by atoms with Crippen LogP contribution in [0.4, 0.5) is 5.69 Å². The van der Waals surface area contributed by atoms with Gasteiger partial charge in [-0.1, -0.05) is 36.4 Å². The Labute approximate surface area is 137 Å².